The molecule has 2 aliphatic rings. The summed E-state index contributed by atoms with van der Waals surface area (Å²) < 4.78 is 10.7. The van der Waals surface area contributed by atoms with Crippen LogP contribution in [0.4, 0.5) is 21.2 Å². The number of nitrogens with zero attached hydrogens (tertiary/aromatic N) is 6. The molecule has 234 valence electrons. The van der Waals surface area contributed by atoms with E-state index in [4.69, 9.17) is 31.5 Å². The maximum atomic E-state index is 11.9. The van der Waals surface area contributed by atoms with Crippen LogP contribution in [0.3, 0.4) is 0 Å². The van der Waals surface area contributed by atoms with Crippen LogP contribution in [0.15, 0.2) is 17.2 Å². The molecule has 0 unspecified atom stereocenters. The van der Waals surface area contributed by atoms with Crippen LogP contribution in [0.2, 0.25) is 0 Å². The second-order valence-electron chi connectivity index (χ2n) is 10.9. The van der Waals surface area contributed by atoms with Crippen LogP contribution in [0.5, 0.6) is 0 Å². The third-order valence-corrected chi connectivity index (χ3v) is 6.27. The third-order valence-electron chi connectivity index (χ3n) is 5.48. The Labute approximate surface area is 248 Å². The fraction of sp³-hybridized carbons (Fsp3) is 0.680. The normalized spacial score (nSPS) is 15.7. The van der Waals surface area contributed by atoms with Crippen LogP contribution in [-0.2, 0) is 9.47 Å². The summed E-state index contributed by atoms with van der Waals surface area (Å²) in [7, 11) is 0. The average molecular weight is 601 g/mol. The molecule has 0 aromatic carbocycles. The summed E-state index contributed by atoms with van der Waals surface area (Å²) in [5, 5.41) is 16.5. The molecule has 2 fully saturated rings. The van der Waals surface area contributed by atoms with Gasteiger partial charge in [0.25, 0.3) is 0 Å². The molecule has 2 saturated heterocycles. The molecule has 7 N–H and O–H groups in total. The topological polar surface area (TPSA) is 223 Å². The lowest BCUT2D eigenvalue weighted by atomic mass is 10.2. The van der Waals surface area contributed by atoms with Crippen LogP contribution in [0, 0.1) is 22.4 Å². The Balaban J connectivity index is 0. The quantitative estimate of drug-likeness (QED) is 0.292. The smallest absolute Gasteiger partial charge is 0.410 e. The van der Waals surface area contributed by atoms with E-state index >= 15 is 0 Å². The fourth-order valence-electron chi connectivity index (χ4n) is 3.70. The maximum Gasteiger partial charge on any atom is 0.410 e. The number of piperazine rings is 2. The second kappa shape index (κ2) is 17.2. The summed E-state index contributed by atoms with van der Waals surface area (Å²) in [6.45, 7) is 16.6. The largest absolute Gasteiger partial charge is 0.444 e. The molecule has 0 spiro atoms. The van der Waals surface area contributed by atoms with Crippen molar-refractivity contribution in [2.75, 3.05) is 69.2 Å². The first-order chi connectivity index (χ1) is 18.7. The van der Waals surface area contributed by atoms with Crippen LogP contribution in [0.25, 0.3) is 0 Å². The number of hydrogen-bond acceptors (Lipinski definition) is 12. The lowest BCUT2D eigenvalue weighted by Gasteiger charge is -2.37. The molecule has 0 saturated carbocycles. The molecule has 15 nitrogen and oxygen atoms in total. The lowest BCUT2D eigenvalue weighted by Crippen LogP contribution is -2.50. The summed E-state index contributed by atoms with van der Waals surface area (Å²) in [6, 6.07) is 3.85. The Kier molecular flexibility index (Phi) is 15.6. The van der Waals surface area contributed by atoms with Gasteiger partial charge in [0, 0.05) is 65.9 Å². The average Bonchev–Trinajstić information content (AvgIpc) is 3.33. The highest BCUT2D eigenvalue weighted by atomic mass is 32.2. The molecule has 1 aromatic heterocycles. The van der Waals surface area contributed by atoms with Gasteiger partial charge in [-0.05, 0) is 47.8 Å². The van der Waals surface area contributed by atoms with Crippen molar-refractivity contribution in [1.29, 1.82) is 16.3 Å². The molecule has 3 rings (SSSR count). The van der Waals surface area contributed by atoms with Gasteiger partial charge in [0.2, 0.25) is 0 Å². The van der Waals surface area contributed by atoms with E-state index in [0.29, 0.717) is 32.0 Å². The minimum absolute atomic E-state index is 0. The van der Waals surface area contributed by atoms with Crippen LogP contribution >= 0.6 is 11.8 Å². The maximum absolute atomic E-state index is 11.9. The molecular formula is C25H48N10O5S. The number of ether oxygens (including phenoxy) is 2. The first-order valence-corrected chi connectivity index (χ1v) is 14.1. The highest BCUT2D eigenvalue weighted by Crippen LogP contribution is 2.20. The van der Waals surface area contributed by atoms with Crippen molar-refractivity contribution in [3.05, 3.63) is 17.2 Å². The van der Waals surface area contributed by atoms with E-state index in [9.17, 15) is 9.59 Å². The second-order valence-corrected chi connectivity index (χ2v) is 11.7. The van der Waals surface area contributed by atoms with E-state index in [1.807, 2.05) is 47.8 Å². The molecule has 2 aliphatic heterocycles. The number of amides is 2. The highest BCUT2D eigenvalue weighted by molar-refractivity contribution is 8.02. The number of thioether (sulfide) groups is 1. The molecule has 1 aromatic rings. The molecule has 0 radical (unpaired) electrons. The van der Waals surface area contributed by atoms with Gasteiger partial charge in [-0.25, -0.2) is 20.7 Å². The highest BCUT2D eigenvalue weighted by Gasteiger charge is 2.27. The van der Waals surface area contributed by atoms with Crippen LogP contribution < -0.4 is 10.6 Å². The van der Waals surface area contributed by atoms with Crippen LogP contribution in [0.1, 0.15) is 43.0 Å². The zero-order chi connectivity index (χ0) is 30.5. The summed E-state index contributed by atoms with van der Waals surface area (Å²) >= 11 is 1.55. The van der Waals surface area contributed by atoms with Crippen molar-refractivity contribution < 1.29 is 26.0 Å². The first kappa shape index (κ1) is 37.3. The van der Waals surface area contributed by atoms with Gasteiger partial charge >= 0.3 is 12.2 Å². The number of carbonyl (C=O) groups excluding carboxylic acids is 2. The fourth-order valence-corrected chi connectivity index (χ4v) is 4.31. The van der Waals surface area contributed by atoms with E-state index in [0.717, 1.165) is 37.0 Å². The summed E-state index contributed by atoms with van der Waals surface area (Å²) in [5.41, 5.74) is 14.7. The predicted molar refractivity (Wildman–Crippen MR) is 161 cm³/mol. The minimum Gasteiger partial charge on any atom is -0.444 e. The van der Waals surface area contributed by atoms with Gasteiger partial charge in [-0.3, -0.25) is 5.10 Å². The van der Waals surface area contributed by atoms with Gasteiger partial charge in [-0.1, -0.05) is 0 Å². The zero-order valence-electron chi connectivity index (χ0n) is 25.1. The van der Waals surface area contributed by atoms with Gasteiger partial charge in [0.1, 0.15) is 17.0 Å². The zero-order valence-corrected chi connectivity index (χ0v) is 25.9. The van der Waals surface area contributed by atoms with E-state index in [-0.39, 0.29) is 19.1 Å². The minimum atomic E-state index is -0.459. The monoisotopic (exact) mass is 600 g/mol. The SMILES string of the molecule is CC(C)(C)OC(=O)N1CCN(c2cc(N)[nH]n2)CC1.CS/C(=C\C#N)N1CCN(C(=O)OC(C)(C)C)CC1.N=N.O.[HH]. The van der Waals surface area contributed by atoms with Gasteiger partial charge < -0.3 is 40.3 Å². The molecule has 3 heterocycles. The molecule has 2 amide bonds. The first-order valence-electron chi connectivity index (χ1n) is 12.9. The van der Waals surface area contributed by atoms with Gasteiger partial charge in [0.05, 0.1) is 11.1 Å². The van der Waals surface area contributed by atoms with E-state index in [2.05, 4.69) is 26.1 Å². The van der Waals surface area contributed by atoms with Crippen molar-refractivity contribution in [3.8, 4) is 6.07 Å². The van der Waals surface area contributed by atoms with E-state index < -0.39 is 11.2 Å². The van der Waals surface area contributed by atoms with Gasteiger partial charge in [-0.15, -0.1) is 11.8 Å². The molecule has 0 atom stereocenters. The van der Waals surface area contributed by atoms with E-state index in [1.165, 1.54) is 0 Å². The number of rotatable bonds is 3. The van der Waals surface area contributed by atoms with Crippen molar-refractivity contribution in [3.63, 3.8) is 0 Å². The number of allylic oxidation sites excluding steroid dienone is 1. The predicted octanol–water partition coefficient (Wildman–Crippen LogP) is 3.33. The van der Waals surface area contributed by atoms with Crippen molar-refractivity contribution >= 4 is 35.6 Å². The number of aromatic amines is 1. The lowest BCUT2D eigenvalue weighted by molar-refractivity contribution is 0.0173. The Bertz CT molecular complexity index is 1020. The molecule has 16 heteroatoms. The van der Waals surface area contributed by atoms with Gasteiger partial charge in [0.15, 0.2) is 5.82 Å². The number of nitrogens with one attached hydrogen (secondary N) is 3. The number of hydrogen-bond donors (Lipinski definition) is 4. The summed E-state index contributed by atoms with van der Waals surface area (Å²) in [5.74, 6) is 1.37. The van der Waals surface area contributed by atoms with Gasteiger partial charge in [-0.2, -0.15) is 10.4 Å². The number of anilines is 2. The number of nitrogens with two attached hydrogens (primary N) is 1. The number of nitriles is 1. The Morgan fingerprint density at radius 3 is 1.73 bits per heavy atom. The molecule has 41 heavy (non-hydrogen) atoms. The van der Waals surface area contributed by atoms with Crippen molar-refractivity contribution in [2.45, 2.75) is 52.7 Å². The Morgan fingerprint density at radius 1 is 0.976 bits per heavy atom. The molecule has 0 aliphatic carbocycles. The van der Waals surface area contributed by atoms with Crippen molar-refractivity contribution in [2.24, 2.45) is 0 Å². The molecule has 0 bridgehead atoms. The van der Waals surface area contributed by atoms with Crippen molar-refractivity contribution in [1.82, 2.24) is 24.9 Å². The number of H-pyrrole nitrogens is 1. The van der Waals surface area contributed by atoms with Crippen LogP contribution in [-0.4, -0.2) is 112 Å². The Hall–Kier alpha value is -3.71. The third kappa shape index (κ3) is 13.5. The number of nitrogen functional groups attached to an aromatic ring is 1. The van der Waals surface area contributed by atoms with E-state index in [1.54, 1.807) is 33.7 Å². The summed E-state index contributed by atoms with van der Waals surface area (Å²) in [6.07, 6.45) is 2.98. The number of aromatic nitrogens is 2. The standard InChI is InChI=1S/C13H21N3O2S.C12H21N5O2.H2N2.H2O.H2/c1-13(2,3)18-12(17)16-9-7-15(8-10-16)11(19-4)5-6-14;1-12(2,3)19-11(18)17-6-4-16(5-7-17)10-8-9(13)14-15-10;1-2;;/h5H,7-10H2,1-4H3;8H,4-7H2,1-3H3,(H3,13,14,15);1-2H;1H2;1H/b11-5-;;;;. The Morgan fingerprint density at radius 2 is 1.39 bits per heavy atom. The summed E-state index contributed by atoms with van der Waals surface area (Å²) in [4.78, 5) is 31.4. The molecular weight excluding hydrogens is 552 g/mol. The number of carbonyl (C=O) groups is 2.